The number of amides is 1. The average Bonchev–Trinajstić information content (AvgIpc) is 2.55. The number of hydrogen-bond acceptors (Lipinski definition) is 3. The van der Waals surface area contributed by atoms with Crippen molar-refractivity contribution < 1.29 is 9.53 Å². The molecule has 1 aromatic carbocycles. The van der Waals surface area contributed by atoms with Crippen LogP contribution in [0.1, 0.15) is 57.9 Å². The summed E-state index contributed by atoms with van der Waals surface area (Å²) in [5, 5.41) is 3.01. The highest BCUT2D eigenvalue weighted by Crippen LogP contribution is 2.38. The largest absolute Gasteiger partial charge is 0.374 e. The number of rotatable bonds is 7. The Morgan fingerprint density at radius 3 is 2.38 bits per heavy atom. The number of anilines is 1. The lowest BCUT2D eigenvalue weighted by atomic mass is 9.71. The summed E-state index contributed by atoms with van der Waals surface area (Å²) in [6.45, 7) is 5.24. The fraction of sp³-hybridized carbons (Fsp3) is 0.632. The van der Waals surface area contributed by atoms with E-state index < -0.39 is 0 Å². The first-order chi connectivity index (χ1) is 11.0. The molecule has 5 heteroatoms. The number of nitrogens with one attached hydrogen (secondary N) is 1. The van der Waals surface area contributed by atoms with Gasteiger partial charge in [0.15, 0.2) is 0 Å². The van der Waals surface area contributed by atoms with E-state index in [-0.39, 0.29) is 29.8 Å². The molecule has 2 rings (SSSR count). The van der Waals surface area contributed by atoms with Crippen LogP contribution in [-0.4, -0.2) is 18.6 Å². The maximum Gasteiger partial charge on any atom is 0.224 e. The smallest absolute Gasteiger partial charge is 0.224 e. The number of nitrogens with two attached hydrogens (primary N) is 1. The van der Waals surface area contributed by atoms with Crippen molar-refractivity contribution in [3.63, 3.8) is 0 Å². The minimum atomic E-state index is 0. The third kappa shape index (κ3) is 6.42. The molecule has 4 nitrogen and oxygen atoms in total. The highest BCUT2D eigenvalue weighted by atomic mass is 35.5. The van der Waals surface area contributed by atoms with Crippen molar-refractivity contribution in [3.8, 4) is 0 Å². The van der Waals surface area contributed by atoms with E-state index in [1.807, 2.05) is 38.1 Å². The molecule has 0 spiro atoms. The molecule has 0 saturated heterocycles. The van der Waals surface area contributed by atoms with Gasteiger partial charge in [-0.05, 0) is 56.3 Å². The second-order valence-corrected chi connectivity index (χ2v) is 7.05. The molecule has 1 aromatic rings. The molecule has 1 aliphatic carbocycles. The number of benzene rings is 1. The normalized spacial score (nSPS) is 16.5. The van der Waals surface area contributed by atoms with Gasteiger partial charge in [-0.15, -0.1) is 12.4 Å². The summed E-state index contributed by atoms with van der Waals surface area (Å²) in [6.07, 6.45) is 6.54. The number of hydrogen-bond donors (Lipinski definition) is 2. The van der Waals surface area contributed by atoms with Crippen LogP contribution in [-0.2, 0) is 16.1 Å². The van der Waals surface area contributed by atoms with E-state index in [9.17, 15) is 4.79 Å². The lowest BCUT2D eigenvalue weighted by molar-refractivity contribution is -0.118. The lowest BCUT2D eigenvalue weighted by Crippen LogP contribution is -2.36. The third-order valence-corrected chi connectivity index (χ3v) is 4.70. The van der Waals surface area contributed by atoms with Crippen LogP contribution in [0.3, 0.4) is 0 Å². The zero-order valence-corrected chi connectivity index (χ0v) is 15.7. The molecule has 0 radical (unpaired) electrons. The molecule has 0 aromatic heterocycles. The standard InChI is InChI=1S/C19H30N2O2.ClH/c1-15(2)23-13-16-6-8-17(9-7-16)21-18(22)12-19(14-20)10-4-3-5-11-19;/h6-9,15H,3-5,10-14,20H2,1-2H3,(H,21,22);1H. The average molecular weight is 355 g/mol. The molecule has 1 fully saturated rings. The maximum absolute atomic E-state index is 12.4. The monoisotopic (exact) mass is 354 g/mol. The molecule has 0 bridgehead atoms. The van der Waals surface area contributed by atoms with E-state index in [1.165, 1.54) is 19.3 Å². The van der Waals surface area contributed by atoms with Crippen LogP contribution in [0.25, 0.3) is 0 Å². The Labute approximate surface area is 151 Å². The van der Waals surface area contributed by atoms with E-state index in [0.29, 0.717) is 19.6 Å². The Morgan fingerprint density at radius 2 is 1.83 bits per heavy atom. The minimum Gasteiger partial charge on any atom is -0.374 e. The third-order valence-electron chi connectivity index (χ3n) is 4.70. The Balaban J connectivity index is 0.00000288. The molecule has 136 valence electrons. The van der Waals surface area contributed by atoms with E-state index in [0.717, 1.165) is 24.1 Å². The minimum absolute atomic E-state index is 0. The molecule has 24 heavy (non-hydrogen) atoms. The number of carbonyl (C=O) groups is 1. The predicted octanol–water partition coefficient (Wildman–Crippen LogP) is 4.27. The topological polar surface area (TPSA) is 64.3 Å². The number of halogens is 1. The molecule has 1 saturated carbocycles. The van der Waals surface area contributed by atoms with E-state index >= 15 is 0 Å². The van der Waals surface area contributed by atoms with Crippen LogP contribution in [0.15, 0.2) is 24.3 Å². The van der Waals surface area contributed by atoms with Crippen molar-refractivity contribution in [2.24, 2.45) is 11.1 Å². The van der Waals surface area contributed by atoms with Crippen LogP contribution in [0.4, 0.5) is 5.69 Å². The molecule has 0 heterocycles. The number of ether oxygens (including phenoxy) is 1. The maximum atomic E-state index is 12.4. The van der Waals surface area contributed by atoms with Crippen molar-refractivity contribution in [1.29, 1.82) is 0 Å². The quantitative estimate of drug-likeness (QED) is 0.768. The van der Waals surface area contributed by atoms with Crippen LogP contribution >= 0.6 is 12.4 Å². The number of carbonyl (C=O) groups excluding carboxylic acids is 1. The highest BCUT2D eigenvalue weighted by Gasteiger charge is 2.32. The fourth-order valence-electron chi connectivity index (χ4n) is 3.25. The summed E-state index contributed by atoms with van der Waals surface area (Å²) >= 11 is 0. The van der Waals surface area contributed by atoms with E-state index in [2.05, 4.69) is 5.32 Å². The van der Waals surface area contributed by atoms with Crippen molar-refractivity contribution in [2.75, 3.05) is 11.9 Å². The first-order valence-electron chi connectivity index (χ1n) is 8.73. The Bertz CT molecular complexity index is 497. The predicted molar refractivity (Wildman–Crippen MR) is 101 cm³/mol. The van der Waals surface area contributed by atoms with Gasteiger partial charge in [0.25, 0.3) is 0 Å². The van der Waals surface area contributed by atoms with Gasteiger partial charge in [0, 0.05) is 12.1 Å². The summed E-state index contributed by atoms with van der Waals surface area (Å²) < 4.78 is 5.58. The van der Waals surface area contributed by atoms with Gasteiger partial charge in [0.05, 0.1) is 12.7 Å². The SMILES string of the molecule is CC(C)OCc1ccc(NC(=O)CC2(CN)CCCCC2)cc1.Cl. The molecule has 0 aliphatic heterocycles. The van der Waals surface area contributed by atoms with Crippen LogP contribution < -0.4 is 11.1 Å². The Kier molecular flexibility index (Phi) is 8.74. The highest BCUT2D eigenvalue weighted by molar-refractivity contribution is 5.91. The van der Waals surface area contributed by atoms with Gasteiger partial charge in [-0.25, -0.2) is 0 Å². The van der Waals surface area contributed by atoms with Gasteiger partial charge < -0.3 is 15.8 Å². The molecule has 0 atom stereocenters. The second-order valence-electron chi connectivity index (χ2n) is 7.05. The fourth-order valence-corrected chi connectivity index (χ4v) is 3.25. The van der Waals surface area contributed by atoms with Gasteiger partial charge in [-0.3, -0.25) is 4.79 Å². The molecule has 1 aliphatic rings. The second kappa shape index (κ2) is 10.0. The first-order valence-corrected chi connectivity index (χ1v) is 8.73. The van der Waals surface area contributed by atoms with Crippen LogP contribution in [0, 0.1) is 5.41 Å². The summed E-state index contributed by atoms with van der Waals surface area (Å²) in [7, 11) is 0. The summed E-state index contributed by atoms with van der Waals surface area (Å²) in [5.41, 5.74) is 7.92. The van der Waals surface area contributed by atoms with Crippen LogP contribution in [0.5, 0.6) is 0 Å². The van der Waals surface area contributed by atoms with Gasteiger partial charge >= 0.3 is 0 Å². The van der Waals surface area contributed by atoms with E-state index in [1.54, 1.807) is 0 Å². The zero-order chi connectivity index (χ0) is 16.7. The molecule has 0 unspecified atom stereocenters. The van der Waals surface area contributed by atoms with Crippen LogP contribution in [0.2, 0.25) is 0 Å². The lowest BCUT2D eigenvalue weighted by Gasteiger charge is -2.35. The molecular weight excluding hydrogens is 324 g/mol. The Morgan fingerprint density at radius 1 is 1.21 bits per heavy atom. The summed E-state index contributed by atoms with van der Waals surface area (Å²) in [6, 6.07) is 7.87. The van der Waals surface area contributed by atoms with Crippen molar-refractivity contribution >= 4 is 24.0 Å². The molecule has 1 amide bonds. The van der Waals surface area contributed by atoms with Crippen molar-refractivity contribution in [1.82, 2.24) is 0 Å². The van der Waals surface area contributed by atoms with Gasteiger partial charge in [0.2, 0.25) is 5.91 Å². The van der Waals surface area contributed by atoms with Crippen molar-refractivity contribution in [3.05, 3.63) is 29.8 Å². The van der Waals surface area contributed by atoms with Gasteiger partial charge in [0.1, 0.15) is 0 Å². The summed E-state index contributed by atoms with van der Waals surface area (Å²) in [4.78, 5) is 12.4. The molecule has 3 N–H and O–H groups in total. The molecular formula is C19H31ClN2O2. The van der Waals surface area contributed by atoms with Crippen molar-refractivity contribution in [2.45, 2.75) is 65.1 Å². The Hall–Kier alpha value is -1.10. The first kappa shape index (κ1) is 20.9. The van der Waals surface area contributed by atoms with E-state index in [4.69, 9.17) is 10.5 Å². The zero-order valence-electron chi connectivity index (χ0n) is 14.8. The summed E-state index contributed by atoms with van der Waals surface area (Å²) in [5.74, 6) is 0.0727. The van der Waals surface area contributed by atoms with Gasteiger partial charge in [-0.1, -0.05) is 31.4 Å². The van der Waals surface area contributed by atoms with Gasteiger partial charge in [-0.2, -0.15) is 0 Å².